The number of ether oxygens (including phenoxy) is 1. The van der Waals surface area contributed by atoms with Gasteiger partial charge < -0.3 is 10.1 Å². The van der Waals surface area contributed by atoms with Gasteiger partial charge in [0.1, 0.15) is 6.10 Å². The number of carbonyl (C=O) groups excluding carboxylic acids is 1. The average molecular weight is 438 g/mol. The Morgan fingerprint density at radius 1 is 0.969 bits per heavy atom. The first-order chi connectivity index (χ1) is 15.3. The van der Waals surface area contributed by atoms with Crippen LogP contribution in [0.1, 0.15) is 85.5 Å². The maximum Gasteiger partial charge on any atom is 0.302 e. The predicted molar refractivity (Wildman–Crippen MR) is 130 cm³/mol. The number of hydrogen-bond acceptors (Lipinski definition) is 3. The van der Waals surface area contributed by atoms with E-state index in [0.29, 0.717) is 16.9 Å². The Bertz CT molecular complexity index is 824. The molecular weight excluding hydrogens is 394 g/mol. The molecule has 1 N–H and O–H groups in total. The van der Waals surface area contributed by atoms with E-state index in [9.17, 15) is 4.79 Å². The van der Waals surface area contributed by atoms with Gasteiger partial charge in [0.05, 0.1) is 0 Å². The van der Waals surface area contributed by atoms with Crippen molar-refractivity contribution in [1.82, 2.24) is 0 Å². The molecule has 4 saturated carbocycles. The summed E-state index contributed by atoms with van der Waals surface area (Å²) >= 11 is 0. The van der Waals surface area contributed by atoms with E-state index in [0.717, 1.165) is 42.4 Å². The molecule has 2 unspecified atom stereocenters. The van der Waals surface area contributed by atoms with Crippen LogP contribution >= 0.6 is 0 Å². The summed E-state index contributed by atoms with van der Waals surface area (Å²) in [7, 11) is 0. The highest BCUT2D eigenvalue weighted by Gasteiger charge is 2.61. The molecule has 4 aliphatic rings. The summed E-state index contributed by atoms with van der Waals surface area (Å²) in [6, 6.07) is 11.3. The quantitative estimate of drug-likeness (QED) is 0.512. The zero-order valence-corrected chi connectivity index (χ0v) is 20.6. The van der Waals surface area contributed by atoms with Crippen LogP contribution in [-0.4, -0.2) is 18.1 Å². The van der Waals surface area contributed by atoms with Gasteiger partial charge in [-0.3, -0.25) is 4.79 Å². The van der Waals surface area contributed by atoms with Crippen LogP contribution in [0.2, 0.25) is 0 Å². The van der Waals surface area contributed by atoms with Crippen LogP contribution in [0.3, 0.4) is 0 Å². The third kappa shape index (κ3) is 3.68. The Morgan fingerprint density at radius 2 is 1.69 bits per heavy atom. The Hall–Kier alpha value is -1.51. The molecule has 1 aromatic carbocycles. The van der Waals surface area contributed by atoms with Gasteiger partial charge in [-0.15, -0.1) is 0 Å². The first-order valence-electron chi connectivity index (χ1n) is 13.3. The van der Waals surface area contributed by atoms with E-state index in [1.54, 1.807) is 6.92 Å². The number of benzene rings is 1. The molecule has 5 rings (SSSR count). The summed E-state index contributed by atoms with van der Waals surface area (Å²) in [6.07, 6.45) is 11.9. The van der Waals surface area contributed by atoms with Crippen molar-refractivity contribution in [2.24, 2.45) is 40.4 Å². The second-order valence-electron chi connectivity index (χ2n) is 12.2. The third-order valence-corrected chi connectivity index (χ3v) is 10.7. The normalized spacial score (nSPS) is 44.0. The molecule has 0 saturated heterocycles. The van der Waals surface area contributed by atoms with E-state index in [2.05, 4.69) is 56.4 Å². The lowest BCUT2D eigenvalue weighted by Gasteiger charge is -2.61. The van der Waals surface area contributed by atoms with Crippen LogP contribution in [0, 0.1) is 40.4 Å². The molecule has 176 valence electrons. The second-order valence-corrected chi connectivity index (χ2v) is 12.2. The van der Waals surface area contributed by atoms with E-state index in [1.165, 1.54) is 50.6 Å². The number of fused-ring (bicyclic) bond motifs is 5. The van der Waals surface area contributed by atoms with Crippen molar-refractivity contribution in [3.63, 3.8) is 0 Å². The number of carbonyl (C=O) groups is 1. The maximum absolute atomic E-state index is 11.7. The molecule has 0 radical (unpaired) electrons. The zero-order chi connectivity index (χ0) is 22.5. The number of nitrogens with one attached hydrogen (secondary N) is 1. The fourth-order valence-electron chi connectivity index (χ4n) is 9.40. The number of para-hydroxylation sites is 1. The Morgan fingerprint density at radius 3 is 2.44 bits per heavy atom. The zero-order valence-electron chi connectivity index (χ0n) is 20.6. The molecule has 3 nitrogen and oxygen atoms in total. The highest BCUT2D eigenvalue weighted by Crippen LogP contribution is 2.68. The van der Waals surface area contributed by atoms with Crippen LogP contribution in [0.4, 0.5) is 5.69 Å². The standard InChI is InChI=1S/C29H43NO2/c1-19(30-22-8-6-5-7-9-22)25-14-15-26-24-13-11-21-10-12-23(32-20(2)31)18-29(21,4)27(24)16-17-28(25,26)3/h5-9,19,21,23-27,30H,10-18H2,1-4H3/t19?,21-,23+,24+,25?,26+,27+,28-,29+/m1/s1. The number of anilines is 1. The Balaban J connectivity index is 1.33. The average Bonchev–Trinajstić information content (AvgIpc) is 3.11. The predicted octanol–water partition coefficient (Wildman–Crippen LogP) is 7.08. The van der Waals surface area contributed by atoms with Crippen molar-refractivity contribution in [1.29, 1.82) is 0 Å². The van der Waals surface area contributed by atoms with Gasteiger partial charge in [0, 0.05) is 18.7 Å². The van der Waals surface area contributed by atoms with Gasteiger partial charge in [0.2, 0.25) is 0 Å². The van der Waals surface area contributed by atoms with E-state index >= 15 is 0 Å². The van der Waals surface area contributed by atoms with Crippen molar-refractivity contribution in [2.45, 2.75) is 97.6 Å². The lowest BCUT2D eigenvalue weighted by atomic mass is 9.44. The van der Waals surface area contributed by atoms with Crippen LogP contribution < -0.4 is 5.32 Å². The smallest absolute Gasteiger partial charge is 0.302 e. The minimum atomic E-state index is -0.0980. The Kier molecular flexibility index (Phi) is 5.83. The molecule has 4 fully saturated rings. The topological polar surface area (TPSA) is 38.3 Å². The summed E-state index contributed by atoms with van der Waals surface area (Å²) < 4.78 is 5.75. The summed E-state index contributed by atoms with van der Waals surface area (Å²) in [4.78, 5) is 11.7. The van der Waals surface area contributed by atoms with Crippen LogP contribution in [0.15, 0.2) is 30.3 Å². The molecule has 9 atom stereocenters. The molecule has 0 amide bonds. The Labute approximate surface area is 195 Å². The van der Waals surface area contributed by atoms with Gasteiger partial charge in [0.25, 0.3) is 0 Å². The van der Waals surface area contributed by atoms with Crippen LogP contribution in [0.5, 0.6) is 0 Å². The van der Waals surface area contributed by atoms with Crippen molar-refractivity contribution in [3.8, 4) is 0 Å². The third-order valence-electron chi connectivity index (χ3n) is 10.7. The minimum Gasteiger partial charge on any atom is -0.463 e. The molecule has 1 aromatic rings. The van der Waals surface area contributed by atoms with Crippen LogP contribution in [0.25, 0.3) is 0 Å². The molecule has 32 heavy (non-hydrogen) atoms. The second kappa shape index (κ2) is 8.37. The van der Waals surface area contributed by atoms with Crippen molar-refractivity contribution < 1.29 is 9.53 Å². The van der Waals surface area contributed by atoms with E-state index < -0.39 is 0 Å². The van der Waals surface area contributed by atoms with Crippen molar-refractivity contribution in [3.05, 3.63) is 30.3 Å². The summed E-state index contributed by atoms with van der Waals surface area (Å²) in [5.41, 5.74) is 2.07. The van der Waals surface area contributed by atoms with Gasteiger partial charge >= 0.3 is 5.97 Å². The van der Waals surface area contributed by atoms with Crippen molar-refractivity contribution in [2.75, 3.05) is 5.32 Å². The lowest BCUT2D eigenvalue weighted by molar-refractivity contribution is -0.162. The number of esters is 1. The number of rotatable bonds is 4. The molecule has 0 bridgehead atoms. The SMILES string of the molecule is CC(=O)O[C@H]1CC[C@@H]2CC[C@@H]3[C@H](CC[C@]4(C)C(C(C)Nc5ccccc5)CC[C@@H]34)[C@@]2(C)C1. The molecule has 0 spiro atoms. The largest absolute Gasteiger partial charge is 0.463 e. The summed E-state index contributed by atoms with van der Waals surface area (Å²) in [5.74, 6) is 4.02. The first kappa shape index (κ1) is 22.3. The highest BCUT2D eigenvalue weighted by molar-refractivity contribution is 5.66. The van der Waals surface area contributed by atoms with E-state index in [4.69, 9.17) is 4.74 Å². The summed E-state index contributed by atoms with van der Waals surface area (Å²) in [6.45, 7) is 9.19. The fraction of sp³-hybridized carbons (Fsp3) is 0.759. The van der Waals surface area contributed by atoms with Gasteiger partial charge in [-0.25, -0.2) is 0 Å². The summed E-state index contributed by atoms with van der Waals surface area (Å²) in [5, 5.41) is 3.84. The maximum atomic E-state index is 11.7. The molecule has 3 heteroatoms. The van der Waals surface area contributed by atoms with E-state index in [-0.39, 0.29) is 12.1 Å². The monoisotopic (exact) mass is 437 g/mol. The minimum absolute atomic E-state index is 0.0980. The van der Waals surface area contributed by atoms with Gasteiger partial charge in [0.15, 0.2) is 0 Å². The molecule has 0 aromatic heterocycles. The fourth-order valence-corrected chi connectivity index (χ4v) is 9.40. The highest BCUT2D eigenvalue weighted by atomic mass is 16.5. The van der Waals surface area contributed by atoms with Gasteiger partial charge in [-0.2, -0.15) is 0 Å². The first-order valence-corrected chi connectivity index (χ1v) is 13.3. The van der Waals surface area contributed by atoms with Gasteiger partial charge in [-0.05, 0) is 117 Å². The molecule has 0 heterocycles. The van der Waals surface area contributed by atoms with Gasteiger partial charge in [-0.1, -0.05) is 32.0 Å². The van der Waals surface area contributed by atoms with E-state index in [1.807, 2.05) is 0 Å². The molecule has 0 aliphatic heterocycles. The number of hydrogen-bond donors (Lipinski definition) is 1. The lowest BCUT2D eigenvalue weighted by Crippen LogP contribution is -2.55. The molecular formula is C29H43NO2. The molecule has 4 aliphatic carbocycles. The van der Waals surface area contributed by atoms with Crippen molar-refractivity contribution >= 4 is 11.7 Å². The van der Waals surface area contributed by atoms with Crippen LogP contribution in [-0.2, 0) is 9.53 Å².